The van der Waals surface area contributed by atoms with Crippen LogP contribution in [0.5, 0.6) is 0 Å². The number of hydrogen-bond donors (Lipinski definition) is 1. The van der Waals surface area contributed by atoms with E-state index in [1.54, 1.807) is 14.0 Å². The number of methoxy groups -OCH3 is 1. The summed E-state index contributed by atoms with van der Waals surface area (Å²) >= 11 is 0. The van der Waals surface area contributed by atoms with Crippen LogP contribution in [0.1, 0.15) is 39.0 Å². The van der Waals surface area contributed by atoms with E-state index in [4.69, 9.17) is 4.74 Å². The summed E-state index contributed by atoms with van der Waals surface area (Å²) in [6.45, 7) is 4.21. The summed E-state index contributed by atoms with van der Waals surface area (Å²) in [6, 6.07) is 0. The first-order valence-corrected chi connectivity index (χ1v) is 8.76. The van der Waals surface area contributed by atoms with Gasteiger partial charge in [-0.05, 0) is 24.7 Å². The minimum absolute atomic E-state index is 0.204. The summed E-state index contributed by atoms with van der Waals surface area (Å²) in [5.41, 5.74) is 0.204. The SMILES string of the molecule is CCS(=O)(=O)CCC1(CNCCOC)CCCC1. The van der Waals surface area contributed by atoms with Gasteiger partial charge in [-0.1, -0.05) is 19.8 Å². The summed E-state index contributed by atoms with van der Waals surface area (Å²) < 4.78 is 28.3. The first kappa shape index (κ1) is 15.9. The standard InChI is InChI=1S/C13H27NO3S/c1-3-18(15,16)11-8-13(6-4-5-7-13)12-14-9-10-17-2/h14H,3-12H2,1-2H3. The van der Waals surface area contributed by atoms with Gasteiger partial charge in [-0.3, -0.25) is 0 Å². The lowest BCUT2D eigenvalue weighted by Crippen LogP contribution is -2.35. The topological polar surface area (TPSA) is 55.4 Å². The minimum atomic E-state index is -2.83. The van der Waals surface area contributed by atoms with Gasteiger partial charge in [0, 0.05) is 26.0 Å². The average Bonchev–Trinajstić information content (AvgIpc) is 2.82. The second-order valence-corrected chi connectivity index (χ2v) is 7.84. The van der Waals surface area contributed by atoms with E-state index in [-0.39, 0.29) is 11.2 Å². The van der Waals surface area contributed by atoms with E-state index in [1.165, 1.54) is 12.8 Å². The van der Waals surface area contributed by atoms with Crippen LogP contribution in [0.3, 0.4) is 0 Å². The number of ether oxygens (including phenoxy) is 1. The van der Waals surface area contributed by atoms with E-state index in [1.807, 2.05) is 0 Å². The third-order valence-electron chi connectivity index (χ3n) is 4.03. The molecule has 1 fully saturated rings. The molecule has 1 aliphatic carbocycles. The van der Waals surface area contributed by atoms with Crippen LogP contribution in [0.4, 0.5) is 0 Å². The Morgan fingerprint density at radius 3 is 2.50 bits per heavy atom. The smallest absolute Gasteiger partial charge is 0.150 e. The zero-order valence-corrected chi connectivity index (χ0v) is 12.5. The summed E-state index contributed by atoms with van der Waals surface area (Å²) in [4.78, 5) is 0. The summed E-state index contributed by atoms with van der Waals surface area (Å²) in [7, 11) is -1.14. The first-order chi connectivity index (χ1) is 8.54. The van der Waals surface area contributed by atoms with Crippen molar-refractivity contribution in [3.05, 3.63) is 0 Å². The van der Waals surface area contributed by atoms with E-state index in [0.29, 0.717) is 12.4 Å². The van der Waals surface area contributed by atoms with Crippen LogP contribution in [-0.2, 0) is 14.6 Å². The van der Waals surface area contributed by atoms with E-state index in [0.717, 1.165) is 32.4 Å². The van der Waals surface area contributed by atoms with Crippen molar-refractivity contribution < 1.29 is 13.2 Å². The molecule has 0 aromatic heterocycles. The lowest BCUT2D eigenvalue weighted by molar-refractivity contribution is 0.189. The molecule has 108 valence electrons. The van der Waals surface area contributed by atoms with Crippen LogP contribution in [0.15, 0.2) is 0 Å². The molecule has 0 radical (unpaired) electrons. The second kappa shape index (κ2) is 7.46. The molecule has 0 spiro atoms. The third-order valence-corrected chi connectivity index (χ3v) is 5.74. The van der Waals surface area contributed by atoms with Crippen molar-refractivity contribution in [1.82, 2.24) is 5.32 Å². The predicted octanol–water partition coefficient (Wildman–Crippen LogP) is 1.61. The van der Waals surface area contributed by atoms with Gasteiger partial charge in [0.2, 0.25) is 0 Å². The summed E-state index contributed by atoms with van der Waals surface area (Å²) in [6.07, 6.45) is 5.60. The highest BCUT2D eigenvalue weighted by atomic mass is 32.2. The molecule has 0 aromatic rings. The maximum absolute atomic E-state index is 11.6. The van der Waals surface area contributed by atoms with Gasteiger partial charge >= 0.3 is 0 Å². The van der Waals surface area contributed by atoms with Crippen molar-refractivity contribution in [1.29, 1.82) is 0 Å². The molecule has 1 aliphatic rings. The van der Waals surface area contributed by atoms with Crippen LogP contribution in [0, 0.1) is 5.41 Å². The fourth-order valence-corrected chi connectivity index (χ4v) is 3.72. The van der Waals surface area contributed by atoms with Crippen LogP contribution in [-0.4, -0.2) is 46.7 Å². The molecule has 0 aromatic carbocycles. The zero-order chi connectivity index (χ0) is 13.5. The van der Waals surface area contributed by atoms with Crippen molar-refractivity contribution in [2.24, 2.45) is 5.41 Å². The van der Waals surface area contributed by atoms with Crippen molar-refractivity contribution in [2.45, 2.75) is 39.0 Å². The molecular weight excluding hydrogens is 250 g/mol. The second-order valence-electron chi connectivity index (χ2n) is 5.36. The first-order valence-electron chi connectivity index (χ1n) is 6.94. The molecule has 5 heteroatoms. The van der Waals surface area contributed by atoms with Gasteiger partial charge in [-0.25, -0.2) is 8.42 Å². The van der Waals surface area contributed by atoms with Crippen LogP contribution < -0.4 is 5.32 Å². The minimum Gasteiger partial charge on any atom is -0.383 e. The van der Waals surface area contributed by atoms with Gasteiger partial charge < -0.3 is 10.1 Å². The van der Waals surface area contributed by atoms with Crippen LogP contribution >= 0.6 is 0 Å². The fourth-order valence-electron chi connectivity index (χ4n) is 2.68. The summed E-state index contributed by atoms with van der Waals surface area (Å²) in [5, 5.41) is 3.40. The highest BCUT2D eigenvalue weighted by Gasteiger charge is 2.34. The van der Waals surface area contributed by atoms with Crippen molar-refractivity contribution in [3.63, 3.8) is 0 Å². The lowest BCUT2D eigenvalue weighted by atomic mass is 9.83. The van der Waals surface area contributed by atoms with Gasteiger partial charge in [0.05, 0.1) is 12.4 Å². The molecule has 0 saturated heterocycles. The maximum atomic E-state index is 11.6. The third kappa shape index (κ3) is 5.24. The normalized spacial score (nSPS) is 19.2. The molecule has 0 atom stereocenters. The van der Waals surface area contributed by atoms with Gasteiger partial charge in [0.1, 0.15) is 9.84 Å². The Labute approximate surface area is 111 Å². The molecule has 0 heterocycles. The molecule has 0 bridgehead atoms. The lowest BCUT2D eigenvalue weighted by Gasteiger charge is -2.29. The summed E-state index contributed by atoms with van der Waals surface area (Å²) in [5.74, 6) is 0.607. The zero-order valence-electron chi connectivity index (χ0n) is 11.7. The molecular formula is C13H27NO3S. The van der Waals surface area contributed by atoms with Crippen molar-refractivity contribution >= 4 is 9.84 Å². The number of nitrogens with one attached hydrogen (secondary N) is 1. The van der Waals surface area contributed by atoms with Crippen LogP contribution in [0.2, 0.25) is 0 Å². The van der Waals surface area contributed by atoms with Crippen molar-refractivity contribution in [3.8, 4) is 0 Å². The van der Waals surface area contributed by atoms with Gasteiger partial charge in [0.25, 0.3) is 0 Å². The molecule has 0 unspecified atom stereocenters. The largest absolute Gasteiger partial charge is 0.383 e. The Morgan fingerprint density at radius 2 is 1.94 bits per heavy atom. The molecule has 1 rings (SSSR count). The van der Waals surface area contributed by atoms with Crippen LogP contribution in [0.25, 0.3) is 0 Å². The quantitative estimate of drug-likeness (QED) is 0.651. The monoisotopic (exact) mass is 277 g/mol. The Hall–Kier alpha value is -0.130. The number of rotatable bonds is 9. The molecule has 0 amide bonds. The van der Waals surface area contributed by atoms with E-state index in [2.05, 4.69) is 5.32 Å². The van der Waals surface area contributed by atoms with Gasteiger partial charge in [-0.2, -0.15) is 0 Å². The van der Waals surface area contributed by atoms with E-state index < -0.39 is 9.84 Å². The predicted molar refractivity (Wildman–Crippen MR) is 74.6 cm³/mol. The maximum Gasteiger partial charge on any atom is 0.150 e. The average molecular weight is 277 g/mol. The molecule has 1 saturated carbocycles. The fraction of sp³-hybridized carbons (Fsp3) is 1.00. The van der Waals surface area contributed by atoms with Gasteiger partial charge in [0.15, 0.2) is 0 Å². The van der Waals surface area contributed by atoms with E-state index >= 15 is 0 Å². The Bertz CT molecular complexity index is 321. The Balaban J connectivity index is 2.42. The molecule has 18 heavy (non-hydrogen) atoms. The van der Waals surface area contributed by atoms with E-state index in [9.17, 15) is 8.42 Å². The highest BCUT2D eigenvalue weighted by Crippen LogP contribution is 2.40. The van der Waals surface area contributed by atoms with Crippen molar-refractivity contribution in [2.75, 3.05) is 38.3 Å². The molecule has 4 nitrogen and oxygen atoms in total. The Morgan fingerprint density at radius 1 is 1.28 bits per heavy atom. The number of sulfone groups is 1. The van der Waals surface area contributed by atoms with Gasteiger partial charge in [-0.15, -0.1) is 0 Å². The Kier molecular flexibility index (Phi) is 6.60. The molecule has 1 N–H and O–H groups in total. The number of hydrogen-bond acceptors (Lipinski definition) is 4. The highest BCUT2D eigenvalue weighted by molar-refractivity contribution is 7.91. The molecule has 0 aliphatic heterocycles.